The number of hydrogen-bond donors (Lipinski definition) is 0. The highest BCUT2D eigenvalue weighted by Gasteiger charge is 2.31. The Morgan fingerprint density at radius 3 is 2.41 bits per heavy atom. The number of halogens is 5. The van der Waals surface area contributed by atoms with E-state index in [0.29, 0.717) is 10.0 Å². The van der Waals surface area contributed by atoms with Crippen LogP contribution in [0, 0.1) is 11.6 Å². The van der Waals surface area contributed by atoms with Crippen LogP contribution in [0.15, 0.2) is 53.3 Å². The van der Waals surface area contributed by atoms with Crippen LogP contribution in [0.2, 0.25) is 10.0 Å². The first kappa shape index (κ1) is 23.1. The fourth-order valence-electron chi connectivity index (χ4n) is 4.19. The van der Waals surface area contributed by atoms with Gasteiger partial charge < -0.3 is 0 Å². The van der Waals surface area contributed by atoms with Crippen LogP contribution in [-0.2, 0) is 0 Å². The highest BCUT2D eigenvalue weighted by atomic mass is 79.9. The van der Waals surface area contributed by atoms with Crippen molar-refractivity contribution in [2.24, 2.45) is 0 Å². The molecule has 0 amide bonds. The molecular weight excluding hydrogens is 549 g/mol. The molecule has 1 aliphatic carbocycles. The maximum Gasteiger partial charge on any atom is 0.266 e. The SMILES string of the molecule is O=C(c1c(F)ccc(C2CCC2)c1F)c1cn(C(=O)c2c(Cl)cccc2Cl)c2ncc(Br)cc12. The first-order valence-electron chi connectivity index (χ1n) is 10.5. The van der Waals surface area contributed by atoms with Gasteiger partial charge in [-0.1, -0.05) is 41.8 Å². The van der Waals surface area contributed by atoms with Gasteiger partial charge in [-0.3, -0.25) is 14.2 Å². The van der Waals surface area contributed by atoms with Crippen LogP contribution >= 0.6 is 39.1 Å². The molecule has 2 heterocycles. The van der Waals surface area contributed by atoms with Crippen LogP contribution < -0.4 is 0 Å². The number of aromatic nitrogens is 2. The van der Waals surface area contributed by atoms with E-state index in [-0.39, 0.29) is 38.1 Å². The lowest BCUT2D eigenvalue weighted by Crippen LogP contribution is -2.16. The Labute approximate surface area is 211 Å². The summed E-state index contributed by atoms with van der Waals surface area (Å²) >= 11 is 15.7. The van der Waals surface area contributed by atoms with E-state index in [1.165, 1.54) is 30.6 Å². The van der Waals surface area contributed by atoms with E-state index in [1.54, 1.807) is 12.1 Å². The minimum Gasteiger partial charge on any atom is -0.288 e. The number of carbonyl (C=O) groups is 2. The van der Waals surface area contributed by atoms with Crippen LogP contribution in [0.5, 0.6) is 0 Å². The van der Waals surface area contributed by atoms with E-state index < -0.39 is 28.9 Å². The van der Waals surface area contributed by atoms with E-state index in [4.69, 9.17) is 23.2 Å². The van der Waals surface area contributed by atoms with Crippen molar-refractivity contribution in [1.82, 2.24) is 9.55 Å². The fourth-order valence-corrected chi connectivity index (χ4v) is 5.08. The monoisotopic (exact) mass is 562 g/mol. The second-order valence-corrected chi connectivity index (χ2v) is 9.85. The molecule has 172 valence electrons. The van der Waals surface area contributed by atoms with Gasteiger partial charge in [-0.25, -0.2) is 13.8 Å². The number of nitrogens with zero attached hydrogens (tertiary/aromatic N) is 2. The van der Waals surface area contributed by atoms with Crippen molar-refractivity contribution in [2.75, 3.05) is 0 Å². The smallest absolute Gasteiger partial charge is 0.266 e. The van der Waals surface area contributed by atoms with Crippen molar-refractivity contribution < 1.29 is 18.4 Å². The van der Waals surface area contributed by atoms with Crippen molar-refractivity contribution in [1.29, 1.82) is 0 Å². The molecule has 0 saturated heterocycles. The molecule has 2 aromatic carbocycles. The van der Waals surface area contributed by atoms with Crippen molar-refractivity contribution in [3.63, 3.8) is 0 Å². The number of benzene rings is 2. The summed E-state index contributed by atoms with van der Waals surface area (Å²) in [5.74, 6) is -3.36. The third-order valence-corrected chi connectivity index (χ3v) is 7.21. The predicted molar refractivity (Wildman–Crippen MR) is 130 cm³/mol. The van der Waals surface area contributed by atoms with Gasteiger partial charge in [0.2, 0.25) is 5.78 Å². The molecule has 0 unspecified atom stereocenters. The summed E-state index contributed by atoms with van der Waals surface area (Å²) < 4.78 is 31.8. The van der Waals surface area contributed by atoms with Gasteiger partial charge in [-0.05, 0) is 64.5 Å². The molecule has 0 radical (unpaired) electrons. The number of carbonyl (C=O) groups excluding carboxylic acids is 2. The molecule has 1 aliphatic rings. The topological polar surface area (TPSA) is 52.0 Å². The first-order chi connectivity index (χ1) is 16.3. The zero-order valence-corrected chi connectivity index (χ0v) is 20.5. The molecule has 1 saturated carbocycles. The van der Waals surface area contributed by atoms with Gasteiger partial charge in [-0.15, -0.1) is 0 Å². The van der Waals surface area contributed by atoms with E-state index in [0.717, 1.165) is 29.9 Å². The molecule has 2 aromatic heterocycles. The Bertz CT molecular complexity index is 1480. The Morgan fingerprint density at radius 1 is 1.06 bits per heavy atom. The first-order valence-corrected chi connectivity index (χ1v) is 12.0. The summed E-state index contributed by atoms with van der Waals surface area (Å²) in [7, 11) is 0. The highest BCUT2D eigenvalue weighted by Crippen LogP contribution is 2.39. The summed E-state index contributed by atoms with van der Waals surface area (Å²) in [4.78, 5) is 31.1. The third kappa shape index (κ3) is 3.76. The molecule has 0 N–H and O–H groups in total. The molecular formula is C25H15BrCl2F2N2O2. The second-order valence-electron chi connectivity index (χ2n) is 8.12. The van der Waals surface area contributed by atoms with Crippen LogP contribution in [0.1, 0.15) is 57.0 Å². The minimum atomic E-state index is -0.963. The third-order valence-electron chi connectivity index (χ3n) is 6.14. The maximum absolute atomic E-state index is 15.4. The Kier molecular flexibility index (Phi) is 6.04. The number of ketones is 1. The van der Waals surface area contributed by atoms with Crippen molar-refractivity contribution >= 4 is 61.9 Å². The van der Waals surface area contributed by atoms with E-state index in [2.05, 4.69) is 20.9 Å². The lowest BCUT2D eigenvalue weighted by molar-refractivity contribution is 0.0964. The normalized spacial score (nSPS) is 13.8. The Morgan fingerprint density at radius 2 is 1.76 bits per heavy atom. The molecule has 34 heavy (non-hydrogen) atoms. The molecule has 0 atom stereocenters. The summed E-state index contributed by atoms with van der Waals surface area (Å²) in [6.07, 6.45) is 5.22. The number of fused-ring (bicyclic) bond motifs is 1. The molecule has 0 bridgehead atoms. The van der Waals surface area contributed by atoms with Gasteiger partial charge in [0.25, 0.3) is 5.91 Å². The maximum atomic E-state index is 15.4. The molecule has 1 fully saturated rings. The summed E-state index contributed by atoms with van der Waals surface area (Å²) in [6, 6.07) is 8.71. The molecule has 0 spiro atoms. The molecule has 0 aliphatic heterocycles. The number of hydrogen-bond acceptors (Lipinski definition) is 3. The lowest BCUT2D eigenvalue weighted by Gasteiger charge is -2.26. The average Bonchev–Trinajstić information content (AvgIpc) is 3.13. The van der Waals surface area contributed by atoms with Crippen LogP contribution in [-0.4, -0.2) is 21.2 Å². The highest BCUT2D eigenvalue weighted by molar-refractivity contribution is 9.10. The zero-order valence-electron chi connectivity index (χ0n) is 17.4. The molecule has 4 aromatic rings. The van der Waals surface area contributed by atoms with Crippen LogP contribution in [0.25, 0.3) is 11.0 Å². The second kappa shape index (κ2) is 8.87. The summed E-state index contributed by atoms with van der Waals surface area (Å²) in [5, 5.41) is 0.494. The fraction of sp³-hybridized carbons (Fsp3) is 0.160. The predicted octanol–water partition coefficient (Wildman–Crippen LogP) is 7.57. The van der Waals surface area contributed by atoms with Gasteiger partial charge in [0.1, 0.15) is 17.3 Å². The van der Waals surface area contributed by atoms with Crippen molar-refractivity contribution in [2.45, 2.75) is 25.2 Å². The molecule has 9 heteroatoms. The zero-order chi connectivity index (χ0) is 24.1. The van der Waals surface area contributed by atoms with Gasteiger partial charge in [0.05, 0.1) is 26.7 Å². The summed E-state index contributed by atoms with van der Waals surface area (Å²) in [5.41, 5.74) is -0.229. The largest absolute Gasteiger partial charge is 0.288 e. The summed E-state index contributed by atoms with van der Waals surface area (Å²) in [6.45, 7) is 0. The van der Waals surface area contributed by atoms with Gasteiger partial charge in [0, 0.05) is 22.3 Å². The van der Waals surface area contributed by atoms with Gasteiger partial charge in [-0.2, -0.15) is 0 Å². The van der Waals surface area contributed by atoms with Gasteiger partial charge in [0.15, 0.2) is 0 Å². The quantitative estimate of drug-likeness (QED) is 0.241. The number of rotatable bonds is 4. The van der Waals surface area contributed by atoms with Gasteiger partial charge >= 0.3 is 0 Å². The Balaban J connectivity index is 1.69. The van der Waals surface area contributed by atoms with Crippen LogP contribution in [0.4, 0.5) is 8.78 Å². The molecule has 5 rings (SSSR count). The van der Waals surface area contributed by atoms with Crippen molar-refractivity contribution in [3.05, 3.63) is 97.2 Å². The Hall–Kier alpha value is -2.61. The average molecular weight is 564 g/mol. The van der Waals surface area contributed by atoms with Crippen molar-refractivity contribution in [3.8, 4) is 0 Å². The van der Waals surface area contributed by atoms with E-state index in [1.807, 2.05) is 0 Å². The van der Waals surface area contributed by atoms with Crippen LogP contribution in [0.3, 0.4) is 0 Å². The lowest BCUT2D eigenvalue weighted by atomic mass is 9.79. The number of pyridine rings is 1. The molecule has 4 nitrogen and oxygen atoms in total. The standard InChI is InChI=1S/C25H15BrCl2F2N2O2/c26-13-9-15-16(23(33)21-19(29)8-7-14(22(21)30)12-3-1-4-12)11-32(24(15)31-10-13)25(34)20-17(27)5-2-6-18(20)28/h2,5-12H,1,3-4H2. The minimum absolute atomic E-state index is 0.0239. The van der Waals surface area contributed by atoms with E-state index >= 15 is 4.39 Å². The van der Waals surface area contributed by atoms with E-state index in [9.17, 15) is 14.0 Å².